The van der Waals surface area contributed by atoms with Crippen LogP contribution in [0.15, 0.2) is 24.5 Å². The number of fused-ring (bicyclic) bond motifs is 1. The molecule has 4 N–H and O–H groups in total. The van der Waals surface area contributed by atoms with Gasteiger partial charge in [-0.15, -0.1) is 0 Å². The number of benzene rings is 1. The van der Waals surface area contributed by atoms with E-state index in [1.54, 1.807) is 43.7 Å². The third-order valence-electron chi connectivity index (χ3n) is 5.67. The molecule has 3 aromatic rings. The first-order chi connectivity index (χ1) is 15.0. The molecule has 0 bridgehead atoms. The maximum Gasteiger partial charge on any atom is 0.324 e. The van der Waals surface area contributed by atoms with E-state index in [9.17, 15) is 15.0 Å². The molecule has 1 aliphatic heterocycles. The number of hydrogen-bond acceptors (Lipinski definition) is 6. The minimum Gasteiger partial charge on any atom is -0.494 e. The summed E-state index contributed by atoms with van der Waals surface area (Å²) < 4.78 is 7.16. The lowest BCUT2D eigenvalue weighted by molar-refractivity contribution is 0.00568. The molecule has 4 rings (SSSR count). The minimum absolute atomic E-state index is 0.266. The van der Waals surface area contributed by atoms with Gasteiger partial charge in [-0.3, -0.25) is 10.00 Å². The smallest absolute Gasteiger partial charge is 0.324 e. The predicted octanol–water partition coefficient (Wildman–Crippen LogP) is 2.58. The Hall–Kier alpha value is -3.11. The summed E-state index contributed by atoms with van der Waals surface area (Å²) in [5.41, 5.74) is 1.36. The molecule has 32 heavy (non-hydrogen) atoms. The van der Waals surface area contributed by atoms with E-state index in [-0.39, 0.29) is 6.03 Å². The predicted molar refractivity (Wildman–Crippen MR) is 121 cm³/mol. The molecule has 0 unspecified atom stereocenters. The van der Waals surface area contributed by atoms with Gasteiger partial charge in [-0.25, -0.2) is 9.78 Å². The Balaban J connectivity index is 1.61. The summed E-state index contributed by atoms with van der Waals surface area (Å²) in [6, 6.07) is 3.46. The van der Waals surface area contributed by atoms with Crippen LogP contribution in [0.25, 0.3) is 22.2 Å². The molecular weight excluding hydrogens is 412 g/mol. The molecule has 10 heteroatoms. The van der Waals surface area contributed by atoms with Crippen molar-refractivity contribution in [2.45, 2.75) is 51.4 Å². The van der Waals surface area contributed by atoms with Gasteiger partial charge in [0, 0.05) is 30.4 Å². The van der Waals surface area contributed by atoms with Crippen LogP contribution in [-0.4, -0.2) is 72.3 Å². The van der Waals surface area contributed by atoms with Crippen molar-refractivity contribution in [1.29, 1.82) is 0 Å². The average Bonchev–Trinajstić information content (AvgIpc) is 3.32. The summed E-state index contributed by atoms with van der Waals surface area (Å²) in [7, 11) is 1.58. The molecule has 0 spiro atoms. The molecule has 2 aromatic heterocycles. The number of nitrogens with zero attached hydrogens (tertiary/aromatic N) is 4. The van der Waals surface area contributed by atoms with E-state index in [0.717, 1.165) is 11.1 Å². The van der Waals surface area contributed by atoms with Gasteiger partial charge in [0.05, 0.1) is 31.1 Å². The molecule has 2 amide bonds. The number of aromatic amines is 1. The van der Waals surface area contributed by atoms with E-state index in [2.05, 4.69) is 20.4 Å². The van der Waals surface area contributed by atoms with E-state index in [0.29, 0.717) is 55.2 Å². The van der Waals surface area contributed by atoms with Crippen LogP contribution in [0.4, 0.5) is 10.7 Å². The van der Waals surface area contributed by atoms with Crippen molar-refractivity contribution < 1.29 is 19.7 Å². The number of carbonyl (C=O) groups is 1. The van der Waals surface area contributed by atoms with Crippen molar-refractivity contribution in [2.75, 3.05) is 25.5 Å². The number of likely N-dealkylation sites (tertiary alicyclic amines) is 1. The quantitative estimate of drug-likeness (QED) is 0.481. The lowest BCUT2D eigenvalue weighted by Gasteiger charge is -2.35. The number of urea groups is 1. The first kappa shape index (κ1) is 22.1. The number of nitrogens with one attached hydrogen (secondary N) is 2. The molecule has 0 aliphatic carbocycles. The highest BCUT2D eigenvalue weighted by Gasteiger charge is 2.30. The third-order valence-corrected chi connectivity index (χ3v) is 5.67. The number of carbonyl (C=O) groups excluding carboxylic acids is 1. The second-order valence-electron chi connectivity index (χ2n) is 9.28. The SMILES string of the molecule is COc1ccc(-c2cnn(CC(C)(C)O)c2)c2nc(NC(=O)N3CCC(C)(O)CC3)[nH]c12. The topological polar surface area (TPSA) is 129 Å². The van der Waals surface area contributed by atoms with Crippen molar-refractivity contribution in [3.63, 3.8) is 0 Å². The first-order valence-electron chi connectivity index (χ1n) is 10.6. The summed E-state index contributed by atoms with van der Waals surface area (Å²) >= 11 is 0. The van der Waals surface area contributed by atoms with Crippen LogP contribution in [0.2, 0.25) is 0 Å². The van der Waals surface area contributed by atoms with Crippen molar-refractivity contribution in [3.05, 3.63) is 24.5 Å². The Morgan fingerprint density at radius 3 is 2.72 bits per heavy atom. The van der Waals surface area contributed by atoms with Gasteiger partial charge >= 0.3 is 6.03 Å². The van der Waals surface area contributed by atoms with E-state index in [4.69, 9.17) is 4.74 Å². The van der Waals surface area contributed by atoms with Gasteiger partial charge in [-0.2, -0.15) is 5.10 Å². The van der Waals surface area contributed by atoms with Gasteiger partial charge in [0.15, 0.2) is 0 Å². The average molecular weight is 443 g/mol. The van der Waals surface area contributed by atoms with Crippen molar-refractivity contribution in [2.24, 2.45) is 0 Å². The summed E-state index contributed by atoms with van der Waals surface area (Å²) in [5, 5.41) is 27.3. The maximum absolute atomic E-state index is 12.7. The molecule has 1 fully saturated rings. The second-order valence-corrected chi connectivity index (χ2v) is 9.28. The van der Waals surface area contributed by atoms with Crippen LogP contribution < -0.4 is 10.1 Å². The Morgan fingerprint density at radius 1 is 1.34 bits per heavy atom. The summed E-state index contributed by atoms with van der Waals surface area (Å²) in [4.78, 5) is 22.1. The molecule has 1 saturated heterocycles. The zero-order chi connectivity index (χ0) is 23.1. The van der Waals surface area contributed by atoms with Crippen molar-refractivity contribution in [1.82, 2.24) is 24.6 Å². The fraction of sp³-hybridized carbons (Fsp3) is 0.500. The fourth-order valence-electron chi connectivity index (χ4n) is 3.89. The molecule has 172 valence electrons. The van der Waals surface area contributed by atoms with E-state index in [1.165, 1.54) is 0 Å². The third kappa shape index (κ3) is 4.71. The molecule has 10 nitrogen and oxygen atoms in total. The Morgan fingerprint density at radius 2 is 2.06 bits per heavy atom. The van der Waals surface area contributed by atoms with E-state index in [1.807, 2.05) is 18.3 Å². The second kappa shape index (κ2) is 8.10. The van der Waals surface area contributed by atoms with E-state index >= 15 is 0 Å². The van der Waals surface area contributed by atoms with Gasteiger partial charge < -0.3 is 24.8 Å². The van der Waals surface area contributed by atoms with Gasteiger partial charge in [-0.1, -0.05) is 0 Å². The number of aliphatic hydroxyl groups is 2. The fourth-order valence-corrected chi connectivity index (χ4v) is 3.89. The zero-order valence-corrected chi connectivity index (χ0v) is 18.8. The lowest BCUT2D eigenvalue weighted by Crippen LogP contribution is -2.46. The number of rotatable bonds is 5. The minimum atomic E-state index is -0.885. The van der Waals surface area contributed by atoms with Gasteiger partial charge in [-0.05, 0) is 45.7 Å². The highest BCUT2D eigenvalue weighted by molar-refractivity contribution is 5.98. The van der Waals surface area contributed by atoms with Gasteiger partial charge in [0.2, 0.25) is 5.95 Å². The van der Waals surface area contributed by atoms with Crippen LogP contribution in [0.1, 0.15) is 33.6 Å². The molecular formula is C22H30N6O4. The molecule has 1 aliphatic rings. The number of H-pyrrole nitrogens is 1. The van der Waals surface area contributed by atoms with Crippen LogP contribution in [-0.2, 0) is 6.54 Å². The van der Waals surface area contributed by atoms with Crippen LogP contribution in [0.5, 0.6) is 5.75 Å². The maximum atomic E-state index is 12.7. The first-order valence-corrected chi connectivity index (χ1v) is 10.6. The van der Waals surface area contributed by atoms with Crippen molar-refractivity contribution in [3.8, 4) is 16.9 Å². The standard InChI is InChI=1S/C22H30N6O4/c1-21(2,30)13-28-12-14(11-23-28)15-5-6-16(32-4)18-17(15)24-19(25-18)26-20(29)27-9-7-22(3,31)8-10-27/h5-6,11-12,30-31H,7-10,13H2,1-4H3,(H2,24,25,26,29). The highest BCUT2D eigenvalue weighted by atomic mass is 16.5. The Labute approximate surface area is 186 Å². The largest absolute Gasteiger partial charge is 0.494 e. The number of piperidine rings is 1. The molecule has 0 saturated carbocycles. The molecule has 0 radical (unpaired) electrons. The summed E-state index contributed by atoms with van der Waals surface area (Å²) in [6.45, 7) is 6.57. The Kier molecular flexibility index (Phi) is 5.59. The Bertz CT molecular complexity index is 1120. The summed E-state index contributed by atoms with van der Waals surface area (Å²) in [5.74, 6) is 0.923. The van der Waals surface area contributed by atoms with Crippen LogP contribution >= 0.6 is 0 Å². The van der Waals surface area contributed by atoms with E-state index < -0.39 is 11.2 Å². The molecule has 0 atom stereocenters. The number of aromatic nitrogens is 4. The molecule has 1 aromatic carbocycles. The number of anilines is 1. The molecule has 3 heterocycles. The van der Waals surface area contributed by atoms with Crippen molar-refractivity contribution >= 4 is 23.0 Å². The number of amides is 2. The highest BCUT2D eigenvalue weighted by Crippen LogP contribution is 2.34. The normalized spacial score (nSPS) is 16.4. The van der Waals surface area contributed by atoms with Gasteiger partial charge in [0.25, 0.3) is 0 Å². The number of ether oxygens (including phenoxy) is 1. The van der Waals surface area contributed by atoms with Crippen LogP contribution in [0, 0.1) is 0 Å². The summed E-state index contributed by atoms with van der Waals surface area (Å²) in [6.07, 6.45) is 4.64. The zero-order valence-electron chi connectivity index (χ0n) is 18.8. The number of imidazole rings is 1. The number of hydrogen-bond donors (Lipinski definition) is 4. The number of methoxy groups -OCH3 is 1. The lowest BCUT2D eigenvalue weighted by atomic mass is 9.94. The monoisotopic (exact) mass is 442 g/mol. The van der Waals surface area contributed by atoms with Gasteiger partial charge in [0.1, 0.15) is 16.8 Å². The van der Waals surface area contributed by atoms with Crippen LogP contribution in [0.3, 0.4) is 0 Å².